The second-order valence-corrected chi connectivity index (χ2v) is 20.8. The number of carbonyl (C=O) groups is 2. The number of likely N-dealkylation sites (N-methyl/N-ethyl adjacent to an activating group) is 1. The van der Waals surface area contributed by atoms with Crippen molar-refractivity contribution in [3.8, 4) is 5.75 Å². The molecule has 7 rings (SSSR count). The van der Waals surface area contributed by atoms with E-state index < -0.39 is 36.6 Å². The van der Waals surface area contributed by atoms with Crippen LogP contribution in [0.4, 0.5) is 10.8 Å². The Morgan fingerprint density at radius 1 is 0.909 bits per heavy atom. The third-order valence-electron chi connectivity index (χ3n) is 15.3. The summed E-state index contributed by atoms with van der Waals surface area (Å²) >= 11 is 1.63. The van der Waals surface area contributed by atoms with Crippen LogP contribution in [-0.2, 0) is 47.5 Å². The van der Waals surface area contributed by atoms with Gasteiger partial charge in [0.1, 0.15) is 24.1 Å². The average Bonchev–Trinajstić information content (AvgIpc) is 4.02. The number of nitrogens with zero attached hydrogens (tertiary/aromatic N) is 2. The van der Waals surface area contributed by atoms with E-state index in [1.54, 1.807) is 46.9 Å². The van der Waals surface area contributed by atoms with Gasteiger partial charge in [0.25, 0.3) is 0 Å². The van der Waals surface area contributed by atoms with Crippen LogP contribution in [0.3, 0.4) is 0 Å². The first-order chi connectivity index (χ1) is 31.7. The number of esters is 1. The lowest BCUT2D eigenvalue weighted by molar-refractivity contribution is -0.246. The van der Waals surface area contributed by atoms with E-state index in [4.69, 9.17) is 47.6 Å². The van der Waals surface area contributed by atoms with E-state index in [2.05, 4.69) is 58.1 Å². The molecule has 5 aliphatic rings. The van der Waals surface area contributed by atoms with Crippen LogP contribution in [0, 0.1) is 29.6 Å². The molecule has 16 atom stereocenters. The number of anilines is 2. The third kappa shape index (κ3) is 10.7. The third-order valence-corrected chi connectivity index (χ3v) is 16.4. The van der Waals surface area contributed by atoms with Crippen LogP contribution in [0.1, 0.15) is 115 Å². The van der Waals surface area contributed by atoms with Gasteiger partial charge in [0.15, 0.2) is 23.5 Å². The molecule has 66 heavy (non-hydrogen) atoms. The summed E-state index contributed by atoms with van der Waals surface area (Å²) in [5, 5.41) is 4.29. The van der Waals surface area contributed by atoms with Crippen molar-refractivity contribution in [3.05, 3.63) is 46.5 Å². The zero-order valence-electron chi connectivity index (χ0n) is 41.4. The largest absolute Gasteiger partial charge is 0.495 e. The molecule has 0 radical (unpaired) electrons. The lowest BCUT2D eigenvalue weighted by atomic mass is 9.67. The van der Waals surface area contributed by atoms with Crippen molar-refractivity contribution < 1.29 is 52.2 Å². The molecule has 3 heterocycles. The van der Waals surface area contributed by atoms with Crippen molar-refractivity contribution >= 4 is 33.9 Å². The predicted octanol–water partition coefficient (Wildman–Crippen LogP) is 8.66. The molecule has 0 spiro atoms. The Kier molecular flexibility index (Phi) is 17.4. The highest BCUT2D eigenvalue weighted by Gasteiger charge is 2.56. The highest BCUT2D eigenvalue weighted by molar-refractivity contribution is 7.15. The van der Waals surface area contributed by atoms with Gasteiger partial charge in [0.05, 0.1) is 49.3 Å². The number of hydrogen-bond donors (Lipinski definition) is 1. The average molecular weight is 940 g/mol. The lowest BCUT2D eigenvalue weighted by Crippen LogP contribution is -2.51. The SMILES string of the molecule is CC[C@H]1CCC[C@H](O[C@H]2CC[C@H](N(C)C)C(C)O2)[C@@H](C)C(=O)C2=C[C@@H]3C(c4nc(Nc5ccccc5OC)sc4C4C[C@@H](OC(OC)C(OC)C(OC)C(OC)C(C)C)C[C@H]43)[C@@H]2CC(=O)O1. The number of ether oxygens (including phenoxy) is 9. The van der Waals surface area contributed by atoms with Crippen molar-refractivity contribution in [1.29, 1.82) is 0 Å². The fraction of sp³-hybridized carbons (Fsp3) is 0.745. The maximum absolute atomic E-state index is 15.3. The number of rotatable bonds is 17. The number of benzene rings is 1. The monoisotopic (exact) mass is 940 g/mol. The van der Waals surface area contributed by atoms with Crippen LogP contribution in [0.2, 0.25) is 0 Å². The molecule has 14 nitrogen and oxygen atoms in total. The smallest absolute Gasteiger partial charge is 0.306 e. The van der Waals surface area contributed by atoms with E-state index in [0.717, 1.165) is 40.7 Å². The van der Waals surface area contributed by atoms with Crippen LogP contribution >= 0.6 is 11.3 Å². The molecule has 0 bridgehead atoms. The number of aromatic nitrogens is 1. The zero-order valence-corrected chi connectivity index (χ0v) is 42.2. The Labute approximate surface area is 397 Å². The van der Waals surface area contributed by atoms with Crippen molar-refractivity contribution in [2.45, 2.75) is 166 Å². The second-order valence-electron chi connectivity index (χ2n) is 19.7. The molecule has 2 saturated heterocycles. The summed E-state index contributed by atoms with van der Waals surface area (Å²) in [5.41, 5.74) is 2.41. The minimum absolute atomic E-state index is 0.00460. The number of fused-ring (bicyclic) bond motifs is 8. The number of ketones is 1. The van der Waals surface area contributed by atoms with Crippen LogP contribution < -0.4 is 10.1 Å². The van der Waals surface area contributed by atoms with E-state index >= 15 is 4.79 Å². The van der Waals surface area contributed by atoms with Gasteiger partial charge in [-0.15, -0.1) is 11.3 Å². The molecule has 3 fully saturated rings. The quantitative estimate of drug-likeness (QED) is 0.119. The first-order valence-corrected chi connectivity index (χ1v) is 25.2. The van der Waals surface area contributed by atoms with Gasteiger partial charge >= 0.3 is 5.97 Å². The summed E-state index contributed by atoms with van der Waals surface area (Å²) in [6.07, 6.45) is 5.01. The zero-order chi connectivity index (χ0) is 47.4. The van der Waals surface area contributed by atoms with Crippen LogP contribution in [0.15, 0.2) is 35.9 Å². The molecule has 7 unspecified atom stereocenters. The number of allylic oxidation sites excluding steroid dienone is 2. The number of Topliss-reactive ketones (excluding diaryl/α,β-unsaturated/α-hetero) is 1. The molecule has 2 aliphatic heterocycles. The fourth-order valence-corrected chi connectivity index (χ4v) is 13.2. The van der Waals surface area contributed by atoms with Crippen LogP contribution in [0.25, 0.3) is 0 Å². The van der Waals surface area contributed by atoms with E-state index in [1.807, 2.05) is 31.2 Å². The van der Waals surface area contributed by atoms with E-state index in [9.17, 15) is 4.79 Å². The molecule has 2 aromatic rings. The van der Waals surface area contributed by atoms with Crippen molar-refractivity contribution in [2.24, 2.45) is 29.6 Å². The number of thiazole rings is 1. The first kappa shape index (κ1) is 50.9. The number of para-hydroxylation sites is 2. The van der Waals surface area contributed by atoms with Gasteiger partial charge in [0.2, 0.25) is 0 Å². The summed E-state index contributed by atoms with van der Waals surface area (Å²) < 4.78 is 56.3. The summed E-state index contributed by atoms with van der Waals surface area (Å²) in [6.45, 7) is 10.4. The number of hydrogen-bond acceptors (Lipinski definition) is 15. The Morgan fingerprint density at radius 3 is 2.30 bits per heavy atom. The van der Waals surface area contributed by atoms with Gasteiger partial charge in [-0.1, -0.05) is 45.9 Å². The van der Waals surface area contributed by atoms with Gasteiger partial charge in [-0.2, -0.15) is 0 Å². The molecule has 1 saturated carbocycles. The number of cyclic esters (lactones) is 1. The number of nitrogens with one attached hydrogen (secondary N) is 1. The van der Waals surface area contributed by atoms with Gasteiger partial charge < -0.3 is 52.8 Å². The van der Waals surface area contributed by atoms with E-state index in [0.29, 0.717) is 49.5 Å². The van der Waals surface area contributed by atoms with Gasteiger partial charge in [-0.05, 0) is 108 Å². The second kappa shape index (κ2) is 22.6. The van der Waals surface area contributed by atoms with Crippen molar-refractivity contribution in [2.75, 3.05) is 55.0 Å². The molecule has 1 aromatic heterocycles. The summed E-state index contributed by atoms with van der Waals surface area (Å²) in [4.78, 5) is 38.2. The Bertz CT molecular complexity index is 1960. The van der Waals surface area contributed by atoms with Gasteiger partial charge in [0, 0.05) is 63.0 Å². The Hall–Kier alpha value is -2.99. The molecule has 368 valence electrons. The Balaban J connectivity index is 1.25. The van der Waals surface area contributed by atoms with E-state index in [-0.39, 0.29) is 78.3 Å². The molecule has 1 N–H and O–H groups in total. The number of carbonyl (C=O) groups excluding carboxylic acids is 2. The highest BCUT2D eigenvalue weighted by Crippen LogP contribution is 2.63. The van der Waals surface area contributed by atoms with Crippen LogP contribution in [-0.4, -0.2) is 133 Å². The standard InChI is InChI=1S/C51H77N3O11S/c1-13-30-17-16-20-39(65-42-22-21-38(54(6)7)29(5)62-42)28(4)45(56)35-25-33-32-23-31(64-50(61-12)48(60-11)47(59-10)46(58-9)27(2)3)24-36(32)49-44(43(33)34(35)26-41(55)63-30)53-51(66-49)52-37-18-14-15-19-40(37)57-8/h14-15,18-19,25,27-34,36,38-39,42-43,46-48,50H,13,16-17,20-24,26H2,1-12H3,(H,52,53)/t28-,29?,30+,31+,32+,33+,34-,36?,38+,39+,42+,43?,46?,47?,48?,50?/m1/s1. The molecule has 1 aromatic carbocycles. The highest BCUT2D eigenvalue weighted by atomic mass is 32.1. The molecule has 3 aliphatic carbocycles. The molecular weight excluding hydrogens is 863 g/mol. The minimum Gasteiger partial charge on any atom is -0.495 e. The normalized spacial score (nSPS) is 33.3. The maximum atomic E-state index is 15.3. The van der Waals surface area contributed by atoms with E-state index in [1.165, 1.54) is 0 Å². The number of methoxy groups -OCH3 is 5. The molecule has 0 amide bonds. The van der Waals surface area contributed by atoms with Crippen molar-refractivity contribution in [1.82, 2.24) is 9.88 Å². The summed E-state index contributed by atoms with van der Waals surface area (Å²) in [7, 11) is 12.5. The Morgan fingerprint density at radius 2 is 1.65 bits per heavy atom. The maximum Gasteiger partial charge on any atom is 0.306 e. The minimum atomic E-state index is -0.747. The van der Waals surface area contributed by atoms with Gasteiger partial charge in [-0.25, -0.2) is 4.98 Å². The lowest BCUT2D eigenvalue weighted by Gasteiger charge is -2.40. The molecular formula is C51H77N3O11S. The van der Waals surface area contributed by atoms with Crippen LogP contribution in [0.5, 0.6) is 5.75 Å². The summed E-state index contributed by atoms with van der Waals surface area (Å²) in [6, 6.07) is 8.10. The van der Waals surface area contributed by atoms with Gasteiger partial charge in [-0.3, -0.25) is 9.59 Å². The predicted molar refractivity (Wildman–Crippen MR) is 253 cm³/mol. The fourth-order valence-electron chi connectivity index (χ4n) is 12.0. The topological polar surface area (TPSA) is 145 Å². The first-order valence-electron chi connectivity index (χ1n) is 24.3. The van der Waals surface area contributed by atoms with Crippen molar-refractivity contribution in [3.63, 3.8) is 0 Å². The summed E-state index contributed by atoms with van der Waals surface area (Å²) in [5.74, 6) is -0.434. The molecule has 15 heteroatoms.